The van der Waals surface area contributed by atoms with Crippen molar-refractivity contribution in [1.29, 1.82) is 0 Å². The summed E-state index contributed by atoms with van der Waals surface area (Å²) in [5.74, 6) is 0.575. The summed E-state index contributed by atoms with van der Waals surface area (Å²) in [6.45, 7) is 3.44. The van der Waals surface area contributed by atoms with Gasteiger partial charge in [0.15, 0.2) is 0 Å². The molecule has 1 aromatic carbocycles. The number of carbonyl (C=O) groups excluding carboxylic acids is 2. The van der Waals surface area contributed by atoms with Crippen LogP contribution in [0.2, 0.25) is 0 Å². The topological polar surface area (TPSA) is 80.8 Å². The van der Waals surface area contributed by atoms with E-state index < -0.39 is 0 Å². The van der Waals surface area contributed by atoms with Gasteiger partial charge in [0, 0.05) is 25.5 Å². The van der Waals surface area contributed by atoms with Crippen LogP contribution in [-0.2, 0) is 24.2 Å². The van der Waals surface area contributed by atoms with Crippen LogP contribution in [0.5, 0.6) is 5.75 Å². The van der Waals surface area contributed by atoms with Crippen LogP contribution in [0, 0.1) is 0 Å². The zero-order valence-electron chi connectivity index (χ0n) is 15.5. The van der Waals surface area contributed by atoms with Gasteiger partial charge in [0.05, 0.1) is 25.8 Å². The number of rotatable bonds is 5. The van der Waals surface area contributed by atoms with E-state index in [2.05, 4.69) is 10.3 Å². The Morgan fingerprint density at radius 3 is 2.93 bits per heavy atom. The van der Waals surface area contributed by atoms with Gasteiger partial charge in [0.25, 0.3) is 5.91 Å². The van der Waals surface area contributed by atoms with Crippen molar-refractivity contribution >= 4 is 12.0 Å². The van der Waals surface area contributed by atoms with E-state index in [1.807, 2.05) is 24.3 Å². The number of benzene rings is 1. The van der Waals surface area contributed by atoms with Crippen LogP contribution in [0.3, 0.4) is 0 Å². The molecule has 0 spiro atoms. The summed E-state index contributed by atoms with van der Waals surface area (Å²) >= 11 is 0. The Balaban J connectivity index is 1.70. The van der Waals surface area contributed by atoms with Crippen molar-refractivity contribution in [3.05, 3.63) is 58.9 Å². The molecule has 142 valence electrons. The van der Waals surface area contributed by atoms with Crippen LogP contribution in [0.15, 0.2) is 36.7 Å². The van der Waals surface area contributed by atoms with Gasteiger partial charge in [-0.2, -0.15) is 0 Å². The molecule has 0 radical (unpaired) electrons. The number of pyridine rings is 1. The highest BCUT2D eigenvalue weighted by Crippen LogP contribution is 2.22. The lowest BCUT2D eigenvalue weighted by atomic mass is 9.97. The maximum absolute atomic E-state index is 12.7. The maximum Gasteiger partial charge on any atom is 0.410 e. The highest BCUT2D eigenvalue weighted by molar-refractivity contribution is 5.95. The Kier molecular flexibility index (Phi) is 5.90. The van der Waals surface area contributed by atoms with Crippen molar-refractivity contribution in [2.75, 3.05) is 20.3 Å². The van der Waals surface area contributed by atoms with Crippen molar-refractivity contribution < 1.29 is 19.1 Å². The molecule has 3 rings (SSSR count). The first kappa shape index (κ1) is 18.7. The number of nitrogens with zero attached hydrogens (tertiary/aromatic N) is 2. The summed E-state index contributed by atoms with van der Waals surface area (Å²) in [6.07, 6.45) is 3.55. The highest BCUT2D eigenvalue weighted by atomic mass is 16.6. The summed E-state index contributed by atoms with van der Waals surface area (Å²) in [5.41, 5.74) is 3.32. The van der Waals surface area contributed by atoms with Crippen molar-refractivity contribution in [2.45, 2.75) is 26.4 Å². The SMILES string of the molecule is CCOC(=O)N1CCc2c(cncc2C(=O)NCc2cccc(OC)c2)C1. The number of hydrogen-bond acceptors (Lipinski definition) is 5. The standard InChI is InChI=1S/C20H23N3O4/c1-3-27-20(25)23-8-7-17-15(13-23)11-21-12-18(17)19(24)22-10-14-5-4-6-16(9-14)26-2/h4-6,9,11-12H,3,7-8,10,13H2,1-2H3,(H,22,24). The van der Waals surface area contributed by atoms with Crippen molar-refractivity contribution in [3.63, 3.8) is 0 Å². The Morgan fingerprint density at radius 2 is 2.15 bits per heavy atom. The van der Waals surface area contributed by atoms with Crippen molar-refractivity contribution in [1.82, 2.24) is 15.2 Å². The lowest BCUT2D eigenvalue weighted by molar-refractivity contribution is 0.0947. The highest BCUT2D eigenvalue weighted by Gasteiger charge is 2.25. The number of methoxy groups -OCH3 is 1. The van der Waals surface area contributed by atoms with Gasteiger partial charge in [-0.1, -0.05) is 12.1 Å². The van der Waals surface area contributed by atoms with E-state index in [0.29, 0.717) is 38.2 Å². The van der Waals surface area contributed by atoms with E-state index in [1.165, 1.54) is 0 Å². The fraction of sp³-hybridized carbons (Fsp3) is 0.350. The molecule has 0 saturated heterocycles. The molecule has 0 aliphatic carbocycles. The van der Waals surface area contributed by atoms with E-state index in [4.69, 9.17) is 9.47 Å². The third-order valence-corrected chi connectivity index (χ3v) is 4.50. The van der Waals surface area contributed by atoms with Gasteiger partial charge in [-0.25, -0.2) is 4.79 Å². The van der Waals surface area contributed by atoms with Crippen LogP contribution in [-0.4, -0.2) is 42.1 Å². The van der Waals surface area contributed by atoms with Gasteiger partial charge >= 0.3 is 6.09 Å². The summed E-state index contributed by atoms with van der Waals surface area (Å²) in [4.78, 5) is 30.4. The van der Waals surface area contributed by atoms with Crippen LogP contribution >= 0.6 is 0 Å². The zero-order chi connectivity index (χ0) is 19.2. The molecule has 2 heterocycles. The van der Waals surface area contributed by atoms with E-state index in [0.717, 1.165) is 22.4 Å². The fourth-order valence-electron chi connectivity index (χ4n) is 3.12. The molecule has 1 aliphatic heterocycles. The van der Waals surface area contributed by atoms with Crippen LogP contribution in [0.1, 0.15) is 34.0 Å². The number of carbonyl (C=O) groups is 2. The van der Waals surface area contributed by atoms with Gasteiger partial charge in [-0.3, -0.25) is 9.78 Å². The van der Waals surface area contributed by atoms with Crippen molar-refractivity contribution in [3.8, 4) is 5.75 Å². The molecule has 27 heavy (non-hydrogen) atoms. The summed E-state index contributed by atoms with van der Waals surface area (Å²) in [7, 11) is 1.61. The second-order valence-electron chi connectivity index (χ2n) is 6.23. The number of nitrogens with one attached hydrogen (secondary N) is 1. The van der Waals surface area contributed by atoms with Gasteiger partial charge < -0.3 is 19.7 Å². The molecule has 0 atom stereocenters. The molecule has 1 aromatic heterocycles. The van der Waals surface area contributed by atoms with Gasteiger partial charge in [0.1, 0.15) is 5.75 Å². The molecule has 7 heteroatoms. The molecule has 0 unspecified atom stereocenters. The summed E-state index contributed by atoms with van der Waals surface area (Å²) in [5, 5.41) is 2.93. The molecule has 0 saturated carbocycles. The quantitative estimate of drug-likeness (QED) is 0.876. The van der Waals surface area contributed by atoms with Crippen LogP contribution in [0.25, 0.3) is 0 Å². The Hall–Kier alpha value is -3.09. The predicted molar refractivity (Wildman–Crippen MR) is 99.5 cm³/mol. The predicted octanol–water partition coefficient (Wildman–Crippen LogP) is 2.53. The Labute approximate surface area is 158 Å². The first-order valence-electron chi connectivity index (χ1n) is 8.91. The first-order valence-corrected chi connectivity index (χ1v) is 8.91. The van der Waals surface area contributed by atoms with E-state index in [1.54, 1.807) is 31.3 Å². The summed E-state index contributed by atoms with van der Waals surface area (Å²) < 4.78 is 10.3. The van der Waals surface area contributed by atoms with Crippen molar-refractivity contribution in [2.24, 2.45) is 0 Å². The lowest BCUT2D eigenvalue weighted by Gasteiger charge is -2.28. The minimum absolute atomic E-state index is 0.174. The second-order valence-corrected chi connectivity index (χ2v) is 6.23. The van der Waals surface area contributed by atoms with E-state index in [9.17, 15) is 9.59 Å². The van der Waals surface area contributed by atoms with E-state index in [-0.39, 0.29) is 12.0 Å². The minimum Gasteiger partial charge on any atom is -0.497 e. The zero-order valence-corrected chi connectivity index (χ0v) is 15.5. The number of aromatic nitrogens is 1. The molecule has 1 N–H and O–H groups in total. The third-order valence-electron chi connectivity index (χ3n) is 4.50. The molecular formula is C20H23N3O4. The van der Waals surface area contributed by atoms with Crippen LogP contribution in [0.4, 0.5) is 4.79 Å². The minimum atomic E-state index is -0.337. The Bertz CT molecular complexity index is 838. The number of ether oxygens (including phenoxy) is 2. The molecular weight excluding hydrogens is 346 g/mol. The fourth-order valence-corrected chi connectivity index (χ4v) is 3.12. The molecule has 0 fully saturated rings. The number of hydrogen-bond donors (Lipinski definition) is 1. The normalized spacial score (nSPS) is 12.9. The Morgan fingerprint density at radius 1 is 1.30 bits per heavy atom. The number of fused-ring (bicyclic) bond motifs is 1. The maximum atomic E-state index is 12.7. The van der Waals surface area contributed by atoms with Crippen LogP contribution < -0.4 is 10.1 Å². The first-order chi connectivity index (χ1) is 13.1. The average molecular weight is 369 g/mol. The molecule has 0 bridgehead atoms. The smallest absolute Gasteiger partial charge is 0.410 e. The van der Waals surface area contributed by atoms with Gasteiger partial charge in [-0.15, -0.1) is 0 Å². The van der Waals surface area contributed by atoms with Gasteiger partial charge in [-0.05, 0) is 42.2 Å². The van der Waals surface area contributed by atoms with E-state index >= 15 is 0 Å². The third kappa shape index (κ3) is 4.36. The monoisotopic (exact) mass is 369 g/mol. The molecule has 7 nitrogen and oxygen atoms in total. The summed E-state index contributed by atoms with van der Waals surface area (Å²) in [6, 6.07) is 7.56. The average Bonchev–Trinajstić information content (AvgIpc) is 2.71. The second kappa shape index (κ2) is 8.53. The lowest BCUT2D eigenvalue weighted by Crippen LogP contribution is -2.37. The number of amides is 2. The molecule has 1 aliphatic rings. The van der Waals surface area contributed by atoms with Gasteiger partial charge in [0.2, 0.25) is 0 Å². The largest absolute Gasteiger partial charge is 0.497 e. The molecule has 2 aromatic rings. The molecule has 2 amide bonds.